The lowest BCUT2D eigenvalue weighted by atomic mass is 10.2. The molecule has 0 amide bonds. The topological polar surface area (TPSA) is 66.4 Å². The van der Waals surface area contributed by atoms with Gasteiger partial charge in [0.15, 0.2) is 0 Å². The molecule has 5 heteroatoms. The average molecular weight is 181 g/mol. The summed E-state index contributed by atoms with van der Waals surface area (Å²) in [5, 5.41) is 9.09. The lowest BCUT2D eigenvalue weighted by molar-refractivity contribution is 0.167. The lowest BCUT2D eigenvalue weighted by Crippen LogP contribution is -2.31. The van der Waals surface area contributed by atoms with Crippen LogP contribution in [-0.4, -0.2) is 32.4 Å². The third kappa shape index (κ3) is 7.77. The van der Waals surface area contributed by atoms with E-state index in [0.29, 0.717) is 6.42 Å². The highest BCUT2D eigenvalue weighted by atomic mass is 32.2. The van der Waals surface area contributed by atoms with Gasteiger partial charge < -0.3 is 5.11 Å². The number of hydrogen-bond acceptors (Lipinski definition) is 3. The zero-order valence-electron chi connectivity index (χ0n) is 6.87. The van der Waals surface area contributed by atoms with Crippen LogP contribution in [0.2, 0.25) is 0 Å². The molecule has 0 radical (unpaired) electrons. The summed E-state index contributed by atoms with van der Waals surface area (Å²) >= 11 is 0. The van der Waals surface area contributed by atoms with E-state index in [1.807, 2.05) is 6.92 Å². The first-order valence-electron chi connectivity index (χ1n) is 3.58. The number of aliphatic hydroxyl groups is 1. The quantitative estimate of drug-likeness (QED) is 0.612. The second-order valence-electron chi connectivity index (χ2n) is 2.56. The largest absolute Gasteiger partial charge is 0.392 e. The van der Waals surface area contributed by atoms with Gasteiger partial charge in [-0.1, -0.05) is 13.3 Å². The Balaban J connectivity index is 3.54. The van der Waals surface area contributed by atoms with Gasteiger partial charge in [0.1, 0.15) is 0 Å². The summed E-state index contributed by atoms with van der Waals surface area (Å²) in [7, 11) is -3.15. The molecule has 0 aliphatic heterocycles. The van der Waals surface area contributed by atoms with E-state index in [1.165, 1.54) is 0 Å². The predicted octanol–water partition coefficient (Wildman–Crippen LogP) is -0.303. The molecule has 0 bridgehead atoms. The van der Waals surface area contributed by atoms with Crippen molar-refractivity contribution in [3.05, 3.63) is 0 Å². The minimum absolute atomic E-state index is 0.118. The van der Waals surface area contributed by atoms with E-state index < -0.39 is 16.1 Å². The van der Waals surface area contributed by atoms with Gasteiger partial charge in [0.25, 0.3) is 0 Å². The van der Waals surface area contributed by atoms with E-state index in [9.17, 15) is 8.42 Å². The van der Waals surface area contributed by atoms with Gasteiger partial charge in [-0.15, -0.1) is 0 Å². The standard InChI is InChI=1S/C6H15NO3S/c1-3-4-6(8)5-7-11(2,9)10/h6-8H,3-5H2,1-2H3. The van der Waals surface area contributed by atoms with Gasteiger partial charge in [-0.2, -0.15) is 0 Å². The molecule has 2 N–H and O–H groups in total. The number of aliphatic hydroxyl groups excluding tert-OH is 1. The molecule has 0 aliphatic rings. The number of rotatable bonds is 5. The molecular weight excluding hydrogens is 166 g/mol. The maximum absolute atomic E-state index is 10.5. The first-order valence-corrected chi connectivity index (χ1v) is 5.47. The minimum Gasteiger partial charge on any atom is -0.392 e. The predicted molar refractivity (Wildman–Crippen MR) is 43.8 cm³/mol. The summed E-state index contributed by atoms with van der Waals surface area (Å²) in [6.07, 6.45) is 2.00. The molecule has 0 spiro atoms. The van der Waals surface area contributed by atoms with E-state index in [1.54, 1.807) is 0 Å². The van der Waals surface area contributed by atoms with E-state index in [0.717, 1.165) is 12.7 Å². The molecule has 1 atom stereocenters. The van der Waals surface area contributed by atoms with E-state index in [4.69, 9.17) is 5.11 Å². The molecule has 0 saturated heterocycles. The van der Waals surface area contributed by atoms with E-state index >= 15 is 0 Å². The fourth-order valence-corrected chi connectivity index (χ4v) is 1.18. The third-order valence-corrected chi connectivity index (χ3v) is 1.89. The van der Waals surface area contributed by atoms with Crippen LogP contribution in [0, 0.1) is 0 Å². The molecule has 11 heavy (non-hydrogen) atoms. The maximum atomic E-state index is 10.5. The highest BCUT2D eigenvalue weighted by Gasteiger charge is 2.05. The Morgan fingerprint density at radius 2 is 2.09 bits per heavy atom. The van der Waals surface area contributed by atoms with Crippen LogP contribution >= 0.6 is 0 Å². The van der Waals surface area contributed by atoms with Crippen LogP contribution in [0.15, 0.2) is 0 Å². The summed E-state index contributed by atoms with van der Waals surface area (Å²) in [6, 6.07) is 0. The van der Waals surface area contributed by atoms with Crippen LogP contribution < -0.4 is 4.72 Å². The number of nitrogens with one attached hydrogen (secondary N) is 1. The fraction of sp³-hybridized carbons (Fsp3) is 1.00. The van der Waals surface area contributed by atoms with E-state index in [2.05, 4.69) is 4.72 Å². The van der Waals surface area contributed by atoms with Crippen LogP contribution in [0.5, 0.6) is 0 Å². The Labute approximate surface area is 67.7 Å². The van der Waals surface area contributed by atoms with Gasteiger partial charge >= 0.3 is 0 Å². The third-order valence-electron chi connectivity index (χ3n) is 1.20. The van der Waals surface area contributed by atoms with Crippen LogP contribution in [-0.2, 0) is 10.0 Å². The van der Waals surface area contributed by atoms with Crippen molar-refractivity contribution < 1.29 is 13.5 Å². The van der Waals surface area contributed by atoms with Gasteiger partial charge in [-0.3, -0.25) is 0 Å². The Hall–Kier alpha value is -0.130. The summed E-state index contributed by atoms with van der Waals surface area (Å²) in [4.78, 5) is 0. The zero-order chi connectivity index (χ0) is 8.91. The molecule has 0 aromatic heterocycles. The van der Waals surface area contributed by atoms with Crippen molar-refractivity contribution in [2.24, 2.45) is 0 Å². The van der Waals surface area contributed by atoms with Crippen molar-refractivity contribution in [2.75, 3.05) is 12.8 Å². The summed E-state index contributed by atoms with van der Waals surface area (Å²) in [5.41, 5.74) is 0. The molecular formula is C6H15NO3S. The lowest BCUT2D eigenvalue weighted by Gasteiger charge is -2.08. The number of sulfonamides is 1. The van der Waals surface area contributed by atoms with Crippen LogP contribution in [0.1, 0.15) is 19.8 Å². The Morgan fingerprint density at radius 1 is 1.55 bits per heavy atom. The molecule has 1 unspecified atom stereocenters. The SMILES string of the molecule is CCCC(O)CNS(C)(=O)=O. The van der Waals surface area contributed by atoms with Gasteiger partial charge in [0, 0.05) is 6.54 Å². The minimum atomic E-state index is -3.15. The first kappa shape index (κ1) is 10.9. The van der Waals surface area contributed by atoms with E-state index in [-0.39, 0.29) is 6.54 Å². The molecule has 0 heterocycles. The first-order chi connectivity index (χ1) is 4.95. The second-order valence-corrected chi connectivity index (χ2v) is 4.40. The zero-order valence-corrected chi connectivity index (χ0v) is 7.69. The molecule has 0 saturated carbocycles. The monoisotopic (exact) mass is 181 g/mol. The molecule has 0 aromatic rings. The van der Waals surface area contributed by atoms with Crippen molar-refractivity contribution in [1.29, 1.82) is 0 Å². The van der Waals surface area contributed by atoms with Gasteiger partial charge in [-0.05, 0) is 6.42 Å². The normalized spacial score (nSPS) is 14.8. The molecule has 0 aliphatic carbocycles. The summed E-state index contributed by atoms with van der Waals surface area (Å²) in [6.45, 7) is 2.05. The molecule has 68 valence electrons. The van der Waals surface area contributed by atoms with Crippen LogP contribution in [0.3, 0.4) is 0 Å². The van der Waals surface area contributed by atoms with Gasteiger partial charge in [0.05, 0.1) is 12.4 Å². The average Bonchev–Trinajstić information content (AvgIpc) is 1.83. The molecule has 0 fully saturated rings. The summed E-state index contributed by atoms with van der Waals surface area (Å²) < 4.78 is 23.3. The highest BCUT2D eigenvalue weighted by molar-refractivity contribution is 7.88. The van der Waals surface area contributed by atoms with Crippen molar-refractivity contribution >= 4 is 10.0 Å². The van der Waals surface area contributed by atoms with Gasteiger partial charge in [-0.25, -0.2) is 13.1 Å². The molecule has 0 rings (SSSR count). The van der Waals surface area contributed by atoms with Crippen LogP contribution in [0.4, 0.5) is 0 Å². The fourth-order valence-electron chi connectivity index (χ4n) is 0.683. The Kier molecular flexibility index (Phi) is 4.63. The Bertz CT molecular complexity index is 188. The maximum Gasteiger partial charge on any atom is 0.208 e. The summed E-state index contributed by atoms with van der Waals surface area (Å²) in [5.74, 6) is 0. The van der Waals surface area contributed by atoms with Crippen molar-refractivity contribution in [3.63, 3.8) is 0 Å². The molecule has 0 aromatic carbocycles. The van der Waals surface area contributed by atoms with Crippen molar-refractivity contribution in [2.45, 2.75) is 25.9 Å². The molecule has 4 nitrogen and oxygen atoms in total. The highest BCUT2D eigenvalue weighted by Crippen LogP contribution is 1.93. The van der Waals surface area contributed by atoms with Crippen molar-refractivity contribution in [1.82, 2.24) is 4.72 Å². The second kappa shape index (κ2) is 4.69. The van der Waals surface area contributed by atoms with Crippen LogP contribution in [0.25, 0.3) is 0 Å². The van der Waals surface area contributed by atoms with Gasteiger partial charge in [0.2, 0.25) is 10.0 Å². The Morgan fingerprint density at radius 3 is 2.45 bits per heavy atom. The number of hydrogen-bond donors (Lipinski definition) is 2. The van der Waals surface area contributed by atoms with Crippen molar-refractivity contribution in [3.8, 4) is 0 Å². The smallest absolute Gasteiger partial charge is 0.208 e.